The third-order valence-corrected chi connectivity index (χ3v) is 3.36. The number of rotatable bonds is 7. The van der Waals surface area contributed by atoms with Crippen molar-refractivity contribution in [1.29, 1.82) is 0 Å². The normalized spacial score (nSPS) is 11.2. The molecule has 0 aliphatic heterocycles. The van der Waals surface area contributed by atoms with Gasteiger partial charge in [-0.3, -0.25) is 0 Å². The van der Waals surface area contributed by atoms with Crippen LogP contribution in [0.2, 0.25) is 0 Å². The maximum absolute atomic E-state index is 5.61. The van der Waals surface area contributed by atoms with Gasteiger partial charge in [-0.05, 0) is 55.6 Å². The second kappa shape index (κ2) is 6.60. The van der Waals surface area contributed by atoms with Gasteiger partial charge in [0.2, 0.25) is 0 Å². The van der Waals surface area contributed by atoms with Crippen LogP contribution in [0.3, 0.4) is 0 Å². The molecule has 2 aromatic rings. The third-order valence-electron chi connectivity index (χ3n) is 3.36. The van der Waals surface area contributed by atoms with Crippen molar-refractivity contribution in [2.75, 3.05) is 13.1 Å². The zero-order valence-electron chi connectivity index (χ0n) is 11.5. The average molecular weight is 245 g/mol. The molecule has 1 N–H and O–H groups in total. The monoisotopic (exact) mass is 245 g/mol. The first-order chi connectivity index (χ1) is 8.85. The molecule has 0 aliphatic carbocycles. The van der Waals surface area contributed by atoms with Gasteiger partial charge in [0.25, 0.3) is 0 Å². The van der Waals surface area contributed by atoms with E-state index in [0.29, 0.717) is 0 Å². The van der Waals surface area contributed by atoms with E-state index in [1.165, 1.54) is 35.8 Å². The molecule has 2 rings (SSSR count). The van der Waals surface area contributed by atoms with E-state index >= 15 is 0 Å². The number of unbranched alkanes of at least 4 members (excludes halogenated alkanes) is 1. The molecule has 0 amide bonds. The molecule has 1 aromatic heterocycles. The van der Waals surface area contributed by atoms with E-state index in [1.807, 2.05) is 6.26 Å². The lowest BCUT2D eigenvalue weighted by atomic mass is 10.0. The van der Waals surface area contributed by atoms with Gasteiger partial charge in [0.1, 0.15) is 5.58 Å². The van der Waals surface area contributed by atoms with Crippen LogP contribution < -0.4 is 5.32 Å². The summed E-state index contributed by atoms with van der Waals surface area (Å²) >= 11 is 0. The van der Waals surface area contributed by atoms with Gasteiger partial charge in [-0.1, -0.05) is 26.3 Å². The van der Waals surface area contributed by atoms with E-state index in [0.717, 1.165) is 25.1 Å². The Labute approximate surface area is 109 Å². The summed E-state index contributed by atoms with van der Waals surface area (Å²) in [6.07, 6.45) is 6.63. The highest BCUT2D eigenvalue weighted by Crippen LogP contribution is 2.23. The second-order valence-electron chi connectivity index (χ2n) is 4.80. The van der Waals surface area contributed by atoms with Crippen molar-refractivity contribution in [3.8, 4) is 0 Å². The smallest absolute Gasteiger partial charge is 0.134 e. The van der Waals surface area contributed by atoms with Crippen LogP contribution in [0, 0.1) is 0 Å². The highest BCUT2D eigenvalue weighted by atomic mass is 16.3. The van der Waals surface area contributed by atoms with Crippen LogP contribution in [0.1, 0.15) is 37.8 Å². The van der Waals surface area contributed by atoms with Crippen molar-refractivity contribution in [2.24, 2.45) is 0 Å². The predicted molar refractivity (Wildman–Crippen MR) is 77.1 cm³/mol. The van der Waals surface area contributed by atoms with E-state index in [9.17, 15) is 0 Å². The first kappa shape index (κ1) is 13.2. The molecule has 0 aliphatic rings. The predicted octanol–water partition coefficient (Wildman–Crippen LogP) is 3.93. The average Bonchev–Trinajstić information content (AvgIpc) is 2.79. The highest BCUT2D eigenvalue weighted by molar-refractivity contribution is 5.81. The van der Waals surface area contributed by atoms with Gasteiger partial charge in [0.15, 0.2) is 0 Å². The van der Waals surface area contributed by atoms with Crippen molar-refractivity contribution in [3.05, 3.63) is 35.6 Å². The zero-order valence-corrected chi connectivity index (χ0v) is 11.5. The molecule has 2 nitrogen and oxygen atoms in total. The first-order valence-corrected chi connectivity index (χ1v) is 7.04. The Kier molecular flexibility index (Phi) is 4.82. The number of hydrogen-bond donors (Lipinski definition) is 1. The molecular formula is C16H23NO. The summed E-state index contributed by atoms with van der Waals surface area (Å²) < 4.78 is 5.61. The minimum atomic E-state index is 1.02. The molecule has 0 saturated carbocycles. The number of benzene rings is 1. The molecule has 0 bridgehead atoms. The number of aryl methyl sites for hydroxylation is 1. The third kappa shape index (κ3) is 3.14. The number of likely N-dealkylation sites (N-methyl/N-ethyl adjacent to an activating group) is 1. The summed E-state index contributed by atoms with van der Waals surface area (Å²) in [5.41, 5.74) is 3.77. The van der Waals surface area contributed by atoms with Crippen LogP contribution in [0.4, 0.5) is 0 Å². The fraction of sp³-hybridized carbons (Fsp3) is 0.500. The fourth-order valence-electron chi connectivity index (χ4n) is 2.26. The maximum Gasteiger partial charge on any atom is 0.134 e. The topological polar surface area (TPSA) is 25.2 Å². The number of fused-ring (bicyclic) bond motifs is 1. The van der Waals surface area contributed by atoms with E-state index in [1.54, 1.807) is 0 Å². The van der Waals surface area contributed by atoms with E-state index < -0.39 is 0 Å². The minimum absolute atomic E-state index is 1.02. The Balaban J connectivity index is 2.14. The van der Waals surface area contributed by atoms with Crippen molar-refractivity contribution >= 4 is 11.0 Å². The lowest BCUT2D eigenvalue weighted by Gasteiger charge is -2.02. The van der Waals surface area contributed by atoms with Crippen molar-refractivity contribution in [3.63, 3.8) is 0 Å². The van der Waals surface area contributed by atoms with Crippen LogP contribution >= 0.6 is 0 Å². The Morgan fingerprint density at radius 3 is 2.83 bits per heavy atom. The van der Waals surface area contributed by atoms with Gasteiger partial charge in [-0.2, -0.15) is 0 Å². The SMILES string of the molecule is CCCCc1ccc2occ(CCNCC)c2c1. The minimum Gasteiger partial charge on any atom is -0.464 e. The quantitative estimate of drug-likeness (QED) is 0.748. The van der Waals surface area contributed by atoms with Gasteiger partial charge in [0, 0.05) is 5.39 Å². The molecule has 0 fully saturated rings. The number of hydrogen-bond acceptors (Lipinski definition) is 2. The Bertz CT molecular complexity index is 487. The van der Waals surface area contributed by atoms with Crippen LogP contribution in [-0.2, 0) is 12.8 Å². The lowest BCUT2D eigenvalue weighted by molar-refractivity contribution is 0.607. The fourth-order valence-corrected chi connectivity index (χ4v) is 2.26. The molecule has 2 heteroatoms. The molecule has 1 heterocycles. The van der Waals surface area contributed by atoms with E-state index in [-0.39, 0.29) is 0 Å². The summed E-state index contributed by atoms with van der Waals surface area (Å²) in [4.78, 5) is 0. The number of nitrogens with one attached hydrogen (secondary N) is 1. The van der Waals surface area contributed by atoms with Crippen molar-refractivity contribution in [2.45, 2.75) is 39.5 Å². The Hall–Kier alpha value is -1.28. The van der Waals surface area contributed by atoms with Crippen molar-refractivity contribution < 1.29 is 4.42 Å². The lowest BCUT2D eigenvalue weighted by Crippen LogP contribution is -2.15. The molecule has 1 aromatic carbocycles. The molecule has 0 atom stereocenters. The van der Waals surface area contributed by atoms with Gasteiger partial charge < -0.3 is 9.73 Å². The number of furan rings is 1. The first-order valence-electron chi connectivity index (χ1n) is 7.04. The summed E-state index contributed by atoms with van der Waals surface area (Å²) in [6.45, 7) is 6.41. The summed E-state index contributed by atoms with van der Waals surface area (Å²) in [5.74, 6) is 0. The van der Waals surface area contributed by atoms with Gasteiger partial charge in [-0.25, -0.2) is 0 Å². The van der Waals surface area contributed by atoms with E-state index in [4.69, 9.17) is 4.42 Å². The summed E-state index contributed by atoms with van der Waals surface area (Å²) in [6, 6.07) is 6.60. The zero-order chi connectivity index (χ0) is 12.8. The Morgan fingerprint density at radius 1 is 1.17 bits per heavy atom. The molecule has 0 unspecified atom stereocenters. The van der Waals surface area contributed by atoms with Crippen LogP contribution in [0.15, 0.2) is 28.9 Å². The molecular weight excluding hydrogens is 222 g/mol. The largest absolute Gasteiger partial charge is 0.464 e. The van der Waals surface area contributed by atoms with Crippen LogP contribution in [-0.4, -0.2) is 13.1 Å². The molecule has 98 valence electrons. The summed E-state index contributed by atoms with van der Waals surface area (Å²) in [7, 11) is 0. The highest BCUT2D eigenvalue weighted by Gasteiger charge is 2.06. The van der Waals surface area contributed by atoms with Gasteiger partial charge >= 0.3 is 0 Å². The molecule has 18 heavy (non-hydrogen) atoms. The molecule has 0 radical (unpaired) electrons. The maximum atomic E-state index is 5.61. The van der Waals surface area contributed by atoms with E-state index in [2.05, 4.69) is 37.4 Å². The molecule has 0 spiro atoms. The van der Waals surface area contributed by atoms with Gasteiger partial charge in [-0.15, -0.1) is 0 Å². The standard InChI is InChI=1S/C16H23NO/c1-3-5-6-13-7-8-16-15(11-13)14(12-18-16)9-10-17-4-2/h7-8,11-12,17H,3-6,9-10H2,1-2H3. The van der Waals surface area contributed by atoms with Gasteiger partial charge in [0.05, 0.1) is 6.26 Å². The summed E-state index contributed by atoms with van der Waals surface area (Å²) in [5, 5.41) is 4.65. The second-order valence-corrected chi connectivity index (χ2v) is 4.80. The molecule has 0 saturated heterocycles. The Morgan fingerprint density at radius 2 is 2.06 bits per heavy atom. The van der Waals surface area contributed by atoms with Crippen LogP contribution in [0.5, 0.6) is 0 Å². The van der Waals surface area contributed by atoms with Crippen molar-refractivity contribution in [1.82, 2.24) is 5.32 Å². The van der Waals surface area contributed by atoms with Crippen LogP contribution in [0.25, 0.3) is 11.0 Å².